The molecule has 1 aliphatic rings. The van der Waals surface area contributed by atoms with Gasteiger partial charge in [0, 0.05) is 6.20 Å². The summed E-state index contributed by atoms with van der Waals surface area (Å²) in [5.41, 5.74) is 1.31. The molecule has 0 saturated carbocycles. The molecule has 0 amide bonds. The summed E-state index contributed by atoms with van der Waals surface area (Å²) in [4.78, 5) is 31.1. The van der Waals surface area contributed by atoms with Gasteiger partial charge in [-0.25, -0.2) is 9.79 Å². The number of carbonyl (C=O) groups excluding carboxylic acids is 1. The molecular formula is C25H23BrN2O6S. The first kappa shape index (κ1) is 24.7. The van der Waals surface area contributed by atoms with E-state index in [0.717, 1.165) is 5.56 Å². The van der Waals surface area contributed by atoms with Crippen LogP contribution in [0.2, 0.25) is 0 Å². The zero-order chi connectivity index (χ0) is 25.1. The highest BCUT2D eigenvalue weighted by Gasteiger charge is 2.31. The summed E-state index contributed by atoms with van der Waals surface area (Å²) < 4.78 is 18.9. The van der Waals surface area contributed by atoms with Gasteiger partial charge >= 0.3 is 5.97 Å². The van der Waals surface area contributed by atoms with Crippen LogP contribution in [0.1, 0.15) is 31.0 Å². The Hall–Kier alpha value is -3.37. The number of benzene rings is 2. The number of esters is 1. The minimum atomic E-state index is -0.762. The van der Waals surface area contributed by atoms with Crippen LogP contribution in [0.5, 0.6) is 17.2 Å². The largest absolute Gasteiger partial charge is 0.507 e. The fourth-order valence-corrected chi connectivity index (χ4v) is 5.12. The van der Waals surface area contributed by atoms with E-state index in [1.807, 2.05) is 13.8 Å². The summed E-state index contributed by atoms with van der Waals surface area (Å²) in [5, 5.41) is 9.77. The summed E-state index contributed by atoms with van der Waals surface area (Å²) >= 11 is 4.50. The molecule has 1 aromatic heterocycles. The molecule has 182 valence electrons. The molecule has 0 spiro atoms. The number of ether oxygens (including phenoxy) is 3. The molecular weight excluding hydrogens is 536 g/mol. The van der Waals surface area contributed by atoms with Gasteiger partial charge in [-0.1, -0.05) is 23.5 Å². The number of nitrogens with zero attached hydrogens (tertiary/aromatic N) is 2. The lowest BCUT2D eigenvalue weighted by Gasteiger charge is -2.23. The molecule has 1 atom stereocenters. The van der Waals surface area contributed by atoms with E-state index < -0.39 is 12.0 Å². The van der Waals surface area contributed by atoms with E-state index in [0.29, 0.717) is 44.1 Å². The smallest absolute Gasteiger partial charge is 0.337 e. The van der Waals surface area contributed by atoms with Gasteiger partial charge in [-0.15, -0.1) is 0 Å². The van der Waals surface area contributed by atoms with Crippen LogP contribution in [0.4, 0.5) is 0 Å². The van der Waals surface area contributed by atoms with Crippen LogP contribution in [0, 0.1) is 0 Å². The summed E-state index contributed by atoms with van der Waals surface area (Å²) in [5.74, 6) is 0.616. The maximum Gasteiger partial charge on any atom is 0.337 e. The van der Waals surface area contributed by atoms with Gasteiger partial charge in [0.2, 0.25) is 0 Å². The first-order valence-electron chi connectivity index (χ1n) is 10.8. The van der Waals surface area contributed by atoms with E-state index in [2.05, 4.69) is 20.9 Å². The van der Waals surface area contributed by atoms with Crippen LogP contribution < -0.4 is 24.4 Å². The topological polar surface area (TPSA) is 99.4 Å². The Labute approximate surface area is 213 Å². The molecule has 0 radical (unpaired) electrons. The Morgan fingerprint density at radius 1 is 1.17 bits per heavy atom. The summed E-state index contributed by atoms with van der Waals surface area (Å²) in [7, 11) is 1.29. The van der Waals surface area contributed by atoms with Gasteiger partial charge in [-0.3, -0.25) is 9.36 Å². The summed E-state index contributed by atoms with van der Waals surface area (Å²) in [6.45, 7) is 4.64. The first-order chi connectivity index (χ1) is 16.9. The highest BCUT2D eigenvalue weighted by atomic mass is 79.9. The Kier molecular flexibility index (Phi) is 7.42. The number of phenolic OH excluding ortho intramolecular Hbond substituents is 1. The average molecular weight is 559 g/mol. The molecule has 10 heteroatoms. The number of methoxy groups -OCH3 is 1. The second kappa shape index (κ2) is 10.5. The van der Waals surface area contributed by atoms with Crippen LogP contribution in [-0.4, -0.2) is 36.0 Å². The molecule has 4 rings (SSSR count). The number of aromatic nitrogens is 1. The van der Waals surface area contributed by atoms with E-state index in [1.165, 1.54) is 29.2 Å². The molecule has 35 heavy (non-hydrogen) atoms. The van der Waals surface area contributed by atoms with Crippen molar-refractivity contribution in [1.29, 1.82) is 0 Å². The lowest BCUT2D eigenvalue weighted by molar-refractivity contribution is -0.136. The molecule has 0 aliphatic carbocycles. The molecule has 0 saturated heterocycles. The molecule has 0 bridgehead atoms. The standard InChI is InChI=1S/C25H23BrN2O6S/c1-4-33-19-9-7-15(12-20(19)34-5-2)22-16(24(31)32-3)13-27-25-28(22)23(30)21(35-25)11-14-6-8-18(29)17(26)10-14/h6-13,22,29H,4-5H2,1-3H3/b21-11-/t22-/m1/s1. The molecule has 3 aromatic rings. The van der Waals surface area contributed by atoms with Gasteiger partial charge in [-0.05, 0) is 71.2 Å². The molecule has 2 heterocycles. The fourth-order valence-electron chi connectivity index (χ4n) is 3.75. The van der Waals surface area contributed by atoms with Gasteiger partial charge in [-0.2, -0.15) is 0 Å². The van der Waals surface area contributed by atoms with E-state index in [1.54, 1.807) is 42.5 Å². The Bertz CT molecular complexity index is 1490. The van der Waals surface area contributed by atoms with Crippen molar-refractivity contribution in [2.24, 2.45) is 4.99 Å². The molecule has 0 fully saturated rings. The predicted molar refractivity (Wildman–Crippen MR) is 136 cm³/mol. The average Bonchev–Trinajstić information content (AvgIpc) is 3.17. The molecule has 2 aromatic carbocycles. The van der Waals surface area contributed by atoms with Gasteiger partial charge in [0.05, 0.1) is 40.9 Å². The lowest BCUT2D eigenvalue weighted by atomic mass is 9.97. The van der Waals surface area contributed by atoms with E-state index in [4.69, 9.17) is 14.2 Å². The van der Waals surface area contributed by atoms with Crippen molar-refractivity contribution in [3.63, 3.8) is 0 Å². The van der Waals surface area contributed by atoms with Crippen molar-refractivity contribution in [2.45, 2.75) is 19.9 Å². The number of hydrogen-bond acceptors (Lipinski definition) is 8. The molecule has 1 aliphatic heterocycles. The Morgan fingerprint density at radius 2 is 1.91 bits per heavy atom. The fraction of sp³-hybridized carbons (Fsp3) is 0.240. The van der Waals surface area contributed by atoms with Gasteiger partial charge in [0.1, 0.15) is 5.75 Å². The lowest BCUT2D eigenvalue weighted by Crippen LogP contribution is -2.39. The number of thiazole rings is 1. The van der Waals surface area contributed by atoms with Crippen molar-refractivity contribution < 1.29 is 24.1 Å². The first-order valence-corrected chi connectivity index (χ1v) is 12.5. The summed E-state index contributed by atoms with van der Waals surface area (Å²) in [6.07, 6.45) is 3.16. The SMILES string of the molecule is CCOc1ccc([C@@H]2C(C(=O)OC)=CN=c3s/c(=C\c4ccc(O)c(Br)c4)c(=O)n32)cc1OCC. The van der Waals surface area contributed by atoms with Gasteiger partial charge in [0.15, 0.2) is 16.3 Å². The molecule has 1 N–H and O–H groups in total. The molecule has 0 unspecified atom stereocenters. The summed E-state index contributed by atoms with van der Waals surface area (Å²) in [6, 6.07) is 9.54. The van der Waals surface area contributed by atoms with Crippen LogP contribution >= 0.6 is 27.3 Å². The minimum absolute atomic E-state index is 0.104. The van der Waals surface area contributed by atoms with Crippen LogP contribution in [0.3, 0.4) is 0 Å². The second-order valence-corrected chi connectivity index (χ2v) is 9.32. The number of phenols is 1. The monoisotopic (exact) mass is 558 g/mol. The van der Waals surface area contributed by atoms with Crippen molar-refractivity contribution >= 4 is 39.3 Å². The zero-order valence-corrected chi connectivity index (χ0v) is 21.7. The van der Waals surface area contributed by atoms with Crippen molar-refractivity contribution in [3.05, 3.63) is 83.5 Å². The van der Waals surface area contributed by atoms with Crippen molar-refractivity contribution in [3.8, 4) is 17.2 Å². The van der Waals surface area contributed by atoms with Gasteiger partial charge in [0.25, 0.3) is 5.56 Å². The highest BCUT2D eigenvalue weighted by Crippen LogP contribution is 2.35. The number of aromatic hydroxyl groups is 1. The molecule has 8 nitrogen and oxygen atoms in total. The highest BCUT2D eigenvalue weighted by molar-refractivity contribution is 9.10. The second-order valence-electron chi connectivity index (χ2n) is 7.46. The Morgan fingerprint density at radius 3 is 2.60 bits per heavy atom. The normalized spacial score (nSPS) is 15.1. The third kappa shape index (κ3) is 4.89. The number of rotatable bonds is 7. The van der Waals surface area contributed by atoms with Crippen molar-refractivity contribution in [1.82, 2.24) is 4.57 Å². The van der Waals surface area contributed by atoms with E-state index in [9.17, 15) is 14.7 Å². The van der Waals surface area contributed by atoms with E-state index in [-0.39, 0.29) is 16.9 Å². The van der Waals surface area contributed by atoms with Gasteiger partial charge < -0.3 is 19.3 Å². The van der Waals surface area contributed by atoms with Crippen LogP contribution in [0.15, 0.2) is 62.4 Å². The quantitative estimate of drug-likeness (QED) is 0.447. The van der Waals surface area contributed by atoms with Crippen molar-refractivity contribution in [2.75, 3.05) is 20.3 Å². The maximum absolute atomic E-state index is 13.6. The van der Waals surface area contributed by atoms with Crippen LogP contribution in [0.25, 0.3) is 6.08 Å². The maximum atomic E-state index is 13.6. The Balaban J connectivity index is 1.90. The minimum Gasteiger partial charge on any atom is -0.507 e. The number of fused-ring (bicyclic) bond motifs is 1. The number of halogens is 1. The number of hydrogen-bond donors (Lipinski definition) is 1. The third-order valence-corrected chi connectivity index (χ3v) is 6.91. The third-order valence-electron chi connectivity index (χ3n) is 5.28. The van der Waals surface area contributed by atoms with E-state index >= 15 is 0 Å². The van der Waals surface area contributed by atoms with Crippen LogP contribution in [-0.2, 0) is 9.53 Å². The predicted octanol–water partition coefficient (Wildman–Crippen LogP) is 3.28. The number of carbonyl (C=O) groups is 1. The zero-order valence-electron chi connectivity index (χ0n) is 19.3.